The van der Waals surface area contributed by atoms with Gasteiger partial charge >= 0.3 is 19.8 Å². The van der Waals surface area contributed by atoms with Gasteiger partial charge in [0.25, 0.3) is 0 Å². The maximum Gasteiger partial charge on any atom is 0.472 e. The number of ether oxygens (including phenoxy) is 2. The molecule has 0 saturated heterocycles. The van der Waals surface area contributed by atoms with E-state index < -0.39 is 26.5 Å². The van der Waals surface area contributed by atoms with Crippen LogP contribution in [0, 0.1) is 0 Å². The summed E-state index contributed by atoms with van der Waals surface area (Å²) in [7, 11) is 1.48. The first-order valence-corrected chi connectivity index (χ1v) is 24.6. The van der Waals surface area contributed by atoms with Crippen molar-refractivity contribution in [2.75, 3.05) is 47.5 Å². The second-order valence-electron chi connectivity index (χ2n) is 16.8. The van der Waals surface area contributed by atoms with Gasteiger partial charge in [-0.1, -0.05) is 154 Å². The fraction of sp³-hybridized carbons (Fsp3) is 0.870. The van der Waals surface area contributed by atoms with Crippen molar-refractivity contribution in [1.29, 1.82) is 0 Å². The third-order valence-corrected chi connectivity index (χ3v) is 10.9. The van der Waals surface area contributed by atoms with Crippen LogP contribution in [0.3, 0.4) is 0 Å². The molecule has 10 heteroatoms. The predicted octanol–water partition coefficient (Wildman–Crippen LogP) is 13.1. The third kappa shape index (κ3) is 42.1. The van der Waals surface area contributed by atoms with Gasteiger partial charge < -0.3 is 18.9 Å². The van der Waals surface area contributed by atoms with E-state index in [0.717, 1.165) is 44.9 Å². The molecule has 0 aliphatic carbocycles. The van der Waals surface area contributed by atoms with Gasteiger partial charge in [0.1, 0.15) is 19.8 Å². The minimum atomic E-state index is -4.37. The second kappa shape index (κ2) is 39.0. The lowest BCUT2D eigenvalue weighted by Crippen LogP contribution is -2.37. The maximum atomic E-state index is 12.7. The number of carbonyl (C=O) groups excluding carboxylic acids is 2. The number of allylic oxidation sites excluding steroid dienone is 4. The van der Waals surface area contributed by atoms with Crippen molar-refractivity contribution in [2.45, 2.75) is 213 Å². The van der Waals surface area contributed by atoms with Crippen LogP contribution in [0.4, 0.5) is 0 Å². The zero-order chi connectivity index (χ0) is 41.4. The molecule has 0 saturated carbocycles. The zero-order valence-corrected chi connectivity index (χ0v) is 38.0. The highest BCUT2D eigenvalue weighted by Crippen LogP contribution is 2.43. The molecular weight excluding hydrogens is 725 g/mol. The number of phosphoric acid groups is 1. The molecule has 56 heavy (non-hydrogen) atoms. The van der Waals surface area contributed by atoms with E-state index in [-0.39, 0.29) is 32.0 Å². The van der Waals surface area contributed by atoms with Gasteiger partial charge in [0, 0.05) is 12.8 Å². The number of hydrogen-bond acceptors (Lipinski definition) is 7. The largest absolute Gasteiger partial charge is 0.472 e. The molecule has 330 valence electrons. The summed E-state index contributed by atoms with van der Waals surface area (Å²) in [4.78, 5) is 35.4. The first-order valence-electron chi connectivity index (χ1n) is 23.1. The molecule has 0 heterocycles. The molecule has 0 fully saturated rings. The first kappa shape index (κ1) is 54.5. The molecule has 9 nitrogen and oxygen atoms in total. The van der Waals surface area contributed by atoms with Crippen molar-refractivity contribution >= 4 is 19.8 Å². The van der Waals surface area contributed by atoms with E-state index >= 15 is 0 Å². The number of carbonyl (C=O) groups is 2. The van der Waals surface area contributed by atoms with E-state index in [9.17, 15) is 19.0 Å². The number of esters is 2. The molecule has 0 rings (SSSR count). The van der Waals surface area contributed by atoms with Gasteiger partial charge in [0.2, 0.25) is 0 Å². The summed E-state index contributed by atoms with van der Waals surface area (Å²) in [5.74, 6) is -0.803. The van der Waals surface area contributed by atoms with Crippen molar-refractivity contribution < 1.29 is 42.1 Å². The summed E-state index contributed by atoms with van der Waals surface area (Å²) in [5.41, 5.74) is 0. The standard InChI is InChI=1S/C46H88NO8P/c1-6-8-10-12-14-16-18-20-22-23-25-26-28-30-32-34-36-38-45(48)52-42-44(43-54-56(50,51)53-41-40-47(3,4)5)55-46(49)39-37-35-33-31-29-27-24-21-19-17-15-13-11-9-7-2/h17,19-20,22,44H,6-16,18,21,23-43H2,1-5H3/p+1/b19-17+,22-20+/t44-/m1/s1. The SMILES string of the molecule is CCCCCC/C=C/CCCCCCCCCC(=O)O[C@H](COC(=O)CCCCCCCCC/C=C/CCCCCCCC)COP(=O)(O)OCC[N+](C)(C)C. The van der Waals surface area contributed by atoms with Crippen LogP contribution in [-0.2, 0) is 32.7 Å². The number of unbranched alkanes of at least 4 members (excludes halogenated alkanes) is 24. The Morgan fingerprint density at radius 3 is 1.34 bits per heavy atom. The normalized spacial score (nSPS) is 13.8. The van der Waals surface area contributed by atoms with Crippen molar-refractivity contribution in [3.63, 3.8) is 0 Å². The van der Waals surface area contributed by atoms with Gasteiger partial charge in [-0.3, -0.25) is 18.6 Å². The number of hydrogen-bond donors (Lipinski definition) is 1. The van der Waals surface area contributed by atoms with E-state index in [2.05, 4.69) is 38.2 Å². The Bertz CT molecular complexity index is 1010. The molecule has 0 aromatic rings. The van der Waals surface area contributed by atoms with Crippen molar-refractivity contribution in [3.8, 4) is 0 Å². The van der Waals surface area contributed by atoms with Gasteiger partial charge in [0.15, 0.2) is 6.10 Å². The van der Waals surface area contributed by atoms with Gasteiger partial charge in [-0.15, -0.1) is 0 Å². The highest BCUT2D eigenvalue weighted by molar-refractivity contribution is 7.47. The monoisotopic (exact) mass is 815 g/mol. The van der Waals surface area contributed by atoms with Gasteiger partial charge in [0.05, 0.1) is 27.7 Å². The molecule has 1 unspecified atom stereocenters. The molecule has 0 bridgehead atoms. The second-order valence-corrected chi connectivity index (χ2v) is 18.2. The van der Waals surface area contributed by atoms with Crippen LogP contribution in [0.25, 0.3) is 0 Å². The van der Waals surface area contributed by atoms with Crippen LogP contribution in [-0.4, -0.2) is 74.9 Å². The molecule has 0 amide bonds. The molecule has 0 aliphatic rings. The van der Waals surface area contributed by atoms with Crippen molar-refractivity contribution in [2.24, 2.45) is 0 Å². The predicted molar refractivity (Wildman–Crippen MR) is 234 cm³/mol. The quantitative estimate of drug-likeness (QED) is 0.0213. The van der Waals surface area contributed by atoms with Gasteiger partial charge in [-0.2, -0.15) is 0 Å². The summed E-state index contributed by atoms with van der Waals surface area (Å²) in [6, 6.07) is 0. The average Bonchev–Trinajstić information content (AvgIpc) is 3.15. The van der Waals surface area contributed by atoms with Crippen LogP contribution >= 0.6 is 7.82 Å². The Balaban J connectivity index is 4.32. The molecule has 0 aromatic heterocycles. The molecule has 0 aromatic carbocycles. The van der Waals surface area contributed by atoms with Crippen LogP contribution in [0.1, 0.15) is 206 Å². The molecule has 2 atom stereocenters. The van der Waals surface area contributed by atoms with Crippen LogP contribution in [0.5, 0.6) is 0 Å². The highest BCUT2D eigenvalue weighted by Gasteiger charge is 2.27. The van der Waals surface area contributed by atoms with Crippen LogP contribution in [0.15, 0.2) is 24.3 Å². The summed E-state index contributed by atoms with van der Waals surface area (Å²) < 4.78 is 34.3. The smallest absolute Gasteiger partial charge is 0.462 e. The highest BCUT2D eigenvalue weighted by atomic mass is 31.2. The van der Waals surface area contributed by atoms with E-state index in [0.29, 0.717) is 17.4 Å². The minimum absolute atomic E-state index is 0.0314. The number of quaternary nitrogens is 1. The molecule has 1 N–H and O–H groups in total. The number of phosphoric ester groups is 1. The van der Waals surface area contributed by atoms with E-state index in [1.54, 1.807) is 0 Å². The molecule has 0 spiro atoms. The Hall–Kier alpha value is -1.51. The van der Waals surface area contributed by atoms with E-state index in [4.69, 9.17) is 18.5 Å². The minimum Gasteiger partial charge on any atom is -0.462 e. The lowest BCUT2D eigenvalue weighted by Gasteiger charge is -2.24. The van der Waals surface area contributed by atoms with E-state index in [1.165, 1.54) is 128 Å². The lowest BCUT2D eigenvalue weighted by atomic mass is 10.1. The van der Waals surface area contributed by atoms with Crippen molar-refractivity contribution in [1.82, 2.24) is 0 Å². The number of likely N-dealkylation sites (N-methyl/N-ethyl adjacent to an activating group) is 1. The van der Waals surface area contributed by atoms with Gasteiger partial charge in [-0.25, -0.2) is 4.57 Å². The Kier molecular flexibility index (Phi) is 37.9. The maximum absolute atomic E-state index is 12.7. The molecule has 0 radical (unpaired) electrons. The fourth-order valence-corrected chi connectivity index (χ4v) is 7.04. The third-order valence-electron chi connectivity index (χ3n) is 9.95. The molecule has 0 aliphatic heterocycles. The van der Waals surface area contributed by atoms with Gasteiger partial charge in [-0.05, 0) is 64.2 Å². The zero-order valence-electron chi connectivity index (χ0n) is 37.1. The first-order chi connectivity index (χ1) is 27.0. The van der Waals surface area contributed by atoms with Crippen LogP contribution < -0.4 is 0 Å². The topological polar surface area (TPSA) is 108 Å². The Morgan fingerprint density at radius 1 is 0.536 bits per heavy atom. The summed E-state index contributed by atoms with van der Waals surface area (Å²) in [6.07, 6.45) is 42.2. The summed E-state index contributed by atoms with van der Waals surface area (Å²) in [6.45, 7) is 4.41. The number of rotatable bonds is 42. The Labute approximate surface area is 345 Å². The van der Waals surface area contributed by atoms with Crippen LogP contribution in [0.2, 0.25) is 0 Å². The Morgan fingerprint density at radius 2 is 0.911 bits per heavy atom. The summed E-state index contributed by atoms with van der Waals surface area (Å²) in [5, 5.41) is 0. The lowest BCUT2D eigenvalue weighted by molar-refractivity contribution is -0.870. The van der Waals surface area contributed by atoms with Crippen molar-refractivity contribution in [3.05, 3.63) is 24.3 Å². The van der Waals surface area contributed by atoms with E-state index in [1.807, 2.05) is 21.1 Å². The summed E-state index contributed by atoms with van der Waals surface area (Å²) >= 11 is 0. The molecular formula is C46H89NO8P+. The average molecular weight is 815 g/mol. The number of nitrogens with zero attached hydrogens (tertiary/aromatic N) is 1. The fourth-order valence-electron chi connectivity index (χ4n) is 6.30.